The molecule has 1 saturated heterocycles. The number of benzene rings is 2. The zero-order chi connectivity index (χ0) is 22.4. The van der Waals surface area contributed by atoms with Crippen molar-refractivity contribution in [2.45, 2.75) is 4.90 Å². The van der Waals surface area contributed by atoms with Crippen LogP contribution in [0.2, 0.25) is 0 Å². The fourth-order valence-corrected chi connectivity index (χ4v) is 4.71. The molecule has 1 aliphatic heterocycles. The second-order valence-electron chi connectivity index (χ2n) is 7.08. The largest absolute Gasteiger partial charge is 0.446 e. The number of fused-ring (bicyclic) bond motifs is 1. The van der Waals surface area contributed by atoms with Gasteiger partial charge in [-0.3, -0.25) is 5.43 Å². The van der Waals surface area contributed by atoms with E-state index in [2.05, 4.69) is 4.74 Å². The maximum Gasteiger partial charge on any atom is 0.421 e. The van der Waals surface area contributed by atoms with Crippen molar-refractivity contribution in [3.63, 3.8) is 0 Å². The van der Waals surface area contributed by atoms with Crippen molar-refractivity contribution in [3.05, 3.63) is 36.4 Å². The number of rotatable bonds is 6. The lowest BCUT2D eigenvalue weighted by Crippen LogP contribution is -2.49. The minimum absolute atomic E-state index is 0.0669. The predicted octanol–water partition coefficient (Wildman–Crippen LogP) is 1.28. The van der Waals surface area contributed by atoms with E-state index < -0.39 is 23.2 Å². The van der Waals surface area contributed by atoms with E-state index in [4.69, 9.17) is 10.6 Å². The number of carbonyl (C=O) groups excluding carboxylic acids is 2. The molecule has 0 aromatic heterocycles. The minimum atomic E-state index is -1.35. The van der Waals surface area contributed by atoms with Crippen LogP contribution in [0.3, 0.4) is 0 Å². The Morgan fingerprint density at radius 3 is 2.35 bits per heavy atom. The van der Waals surface area contributed by atoms with E-state index in [0.717, 1.165) is 21.4 Å². The summed E-state index contributed by atoms with van der Waals surface area (Å²) in [7, 11) is 2.62. The van der Waals surface area contributed by atoms with Crippen molar-refractivity contribution in [1.29, 1.82) is 0 Å². The van der Waals surface area contributed by atoms with Gasteiger partial charge in [0.25, 0.3) is 0 Å². The van der Waals surface area contributed by atoms with Gasteiger partial charge < -0.3 is 19.3 Å². The molecule has 3 rings (SSSR count). The molecular formula is C20H27N5O5S. The summed E-state index contributed by atoms with van der Waals surface area (Å²) < 4.78 is 24.9. The predicted molar refractivity (Wildman–Crippen MR) is 118 cm³/mol. The number of hydrogen-bond donors (Lipinski definition) is 2. The second-order valence-corrected chi connectivity index (χ2v) is 8.54. The number of nitrogens with one attached hydrogen (secondary N) is 1. The number of anilines is 1. The van der Waals surface area contributed by atoms with Crippen LogP contribution in [-0.4, -0.2) is 79.1 Å². The number of piperazine rings is 1. The molecule has 10 nitrogen and oxygen atoms in total. The third kappa shape index (κ3) is 5.43. The van der Waals surface area contributed by atoms with Crippen molar-refractivity contribution >= 4 is 39.6 Å². The Kier molecular flexibility index (Phi) is 7.66. The molecule has 0 saturated carbocycles. The van der Waals surface area contributed by atoms with E-state index in [-0.39, 0.29) is 13.2 Å². The summed E-state index contributed by atoms with van der Waals surface area (Å²) in [6.45, 7) is 1.54. The number of hydrazine groups is 1. The lowest BCUT2D eigenvalue weighted by atomic mass is 10.1. The molecule has 0 radical (unpaired) electrons. The molecule has 2 amide bonds. The molecule has 31 heavy (non-hydrogen) atoms. The zero-order valence-electron chi connectivity index (χ0n) is 17.6. The Hall–Kier alpha value is -2.89. The Morgan fingerprint density at radius 2 is 1.68 bits per heavy atom. The van der Waals surface area contributed by atoms with Crippen LogP contribution < -0.4 is 16.2 Å². The number of ether oxygens (including phenoxy) is 2. The normalized spacial score (nSPS) is 15.4. The maximum absolute atomic E-state index is 13.3. The molecule has 11 heteroatoms. The smallest absolute Gasteiger partial charge is 0.421 e. The van der Waals surface area contributed by atoms with E-state index in [1.54, 1.807) is 4.90 Å². The molecule has 3 N–H and O–H groups in total. The van der Waals surface area contributed by atoms with E-state index in [1.807, 2.05) is 65.1 Å². The molecule has 2 aromatic carbocycles. The van der Waals surface area contributed by atoms with Crippen LogP contribution in [-0.2, 0) is 20.5 Å². The highest BCUT2D eigenvalue weighted by Crippen LogP contribution is 2.30. The van der Waals surface area contributed by atoms with Crippen LogP contribution in [0.5, 0.6) is 0 Å². The fraction of sp³-hybridized carbons (Fsp3) is 0.400. The van der Waals surface area contributed by atoms with Gasteiger partial charge in [0.05, 0.1) is 4.90 Å². The molecule has 0 aliphatic carbocycles. The molecule has 168 valence electrons. The van der Waals surface area contributed by atoms with Gasteiger partial charge in [0.1, 0.15) is 24.2 Å². The molecule has 1 unspecified atom stereocenters. The molecule has 1 heterocycles. The zero-order valence-corrected chi connectivity index (χ0v) is 18.4. The number of nitrogens with zero attached hydrogens (tertiary/aromatic N) is 3. The van der Waals surface area contributed by atoms with Gasteiger partial charge in [0.2, 0.25) is 0 Å². The third-order valence-electron chi connectivity index (χ3n) is 4.92. The van der Waals surface area contributed by atoms with Crippen molar-refractivity contribution in [3.8, 4) is 0 Å². The first-order valence-electron chi connectivity index (χ1n) is 9.83. The molecule has 1 atom stereocenters. The Labute approximate surface area is 183 Å². The van der Waals surface area contributed by atoms with Gasteiger partial charge >= 0.3 is 12.2 Å². The van der Waals surface area contributed by atoms with Gasteiger partial charge in [-0.1, -0.05) is 24.3 Å². The molecule has 0 spiro atoms. The summed E-state index contributed by atoms with van der Waals surface area (Å²) in [4.78, 5) is 27.4. The standard InChI is InChI=1S/C20H27N5O5S/c1-23(2)17-7-3-6-16-15(17)5-4-8-18(16)31(28)25-11-9-24(10-12-25)20(27)30-14-13-29-19(26)22-21/h3-8H,9-14,21H2,1-2H3,(H,22,26). The van der Waals surface area contributed by atoms with Crippen molar-refractivity contribution in [2.24, 2.45) is 5.84 Å². The highest BCUT2D eigenvalue weighted by Gasteiger charge is 2.26. The first-order valence-corrected chi connectivity index (χ1v) is 10.9. The van der Waals surface area contributed by atoms with Crippen molar-refractivity contribution in [2.75, 3.05) is 58.4 Å². The van der Waals surface area contributed by atoms with Crippen LogP contribution >= 0.6 is 0 Å². The Bertz CT molecular complexity index is 962. The highest BCUT2D eigenvalue weighted by atomic mass is 32.2. The van der Waals surface area contributed by atoms with Crippen LogP contribution in [0.1, 0.15) is 0 Å². The van der Waals surface area contributed by atoms with Crippen molar-refractivity contribution < 1.29 is 23.3 Å². The number of carbonyl (C=O) groups is 2. The second kappa shape index (κ2) is 10.4. The minimum Gasteiger partial charge on any atom is -0.446 e. The van der Waals surface area contributed by atoms with Crippen LogP contribution in [0.25, 0.3) is 10.8 Å². The van der Waals surface area contributed by atoms with Crippen LogP contribution in [0.4, 0.5) is 15.3 Å². The Balaban J connectivity index is 1.59. The van der Waals surface area contributed by atoms with E-state index in [0.29, 0.717) is 26.2 Å². The quantitative estimate of drug-likeness (QED) is 0.295. The maximum atomic E-state index is 13.3. The van der Waals surface area contributed by atoms with Gasteiger partial charge in [-0.05, 0) is 12.1 Å². The lowest BCUT2D eigenvalue weighted by molar-refractivity contribution is 0.0658. The van der Waals surface area contributed by atoms with E-state index in [9.17, 15) is 13.8 Å². The average Bonchev–Trinajstić information content (AvgIpc) is 2.80. The first-order chi connectivity index (χ1) is 14.9. The SMILES string of the molecule is CN(C)c1cccc2c(S(=O)N3CCN(C(=O)OCCOC(=O)NN)CC3)cccc12. The van der Waals surface area contributed by atoms with Gasteiger partial charge in [-0.25, -0.2) is 23.9 Å². The average molecular weight is 450 g/mol. The van der Waals surface area contributed by atoms with E-state index in [1.165, 1.54) is 0 Å². The van der Waals surface area contributed by atoms with E-state index >= 15 is 0 Å². The number of nitrogens with two attached hydrogens (primary N) is 1. The number of hydrogen-bond acceptors (Lipinski definition) is 7. The summed E-state index contributed by atoms with van der Waals surface area (Å²) in [6, 6.07) is 11.8. The highest BCUT2D eigenvalue weighted by molar-refractivity contribution is 7.83. The molecule has 1 fully saturated rings. The van der Waals surface area contributed by atoms with Crippen molar-refractivity contribution in [1.82, 2.24) is 14.6 Å². The molecule has 1 aliphatic rings. The monoisotopic (exact) mass is 449 g/mol. The summed E-state index contributed by atoms with van der Waals surface area (Å²) >= 11 is 0. The Morgan fingerprint density at radius 1 is 1.03 bits per heavy atom. The topological polar surface area (TPSA) is 117 Å². The molecule has 0 bridgehead atoms. The molecular weight excluding hydrogens is 422 g/mol. The first kappa shape index (κ1) is 22.8. The van der Waals surface area contributed by atoms with Crippen LogP contribution in [0.15, 0.2) is 41.3 Å². The third-order valence-corrected chi connectivity index (χ3v) is 6.49. The lowest BCUT2D eigenvalue weighted by Gasteiger charge is -2.33. The van der Waals surface area contributed by atoms with Gasteiger partial charge in [-0.15, -0.1) is 0 Å². The van der Waals surface area contributed by atoms with Gasteiger partial charge in [0, 0.05) is 56.7 Å². The van der Waals surface area contributed by atoms with Gasteiger partial charge in [0.15, 0.2) is 0 Å². The van der Waals surface area contributed by atoms with Crippen LogP contribution in [0, 0.1) is 0 Å². The summed E-state index contributed by atoms with van der Waals surface area (Å²) in [5, 5.41) is 2.00. The summed E-state index contributed by atoms with van der Waals surface area (Å²) in [6.07, 6.45) is -1.29. The molecule has 2 aromatic rings. The van der Waals surface area contributed by atoms with Gasteiger partial charge in [-0.2, -0.15) is 0 Å². The fourth-order valence-electron chi connectivity index (χ4n) is 3.38. The summed E-state index contributed by atoms with van der Waals surface area (Å²) in [5.74, 6) is 4.89. The number of amides is 2. The summed E-state index contributed by atoms with van der Waals surface area (Å²) in [5.41, 5.74) is 2.88.